The lowest BCUT2D eigenvalue weighted by Crippen LogP contribution is -2.29. The maximum absolute atomic E-state index is 11.4. The second-order valence-electron chi connectivity index (χ2n) is 9.09. The van der Waals surface area contributed by atoms with Gasteiger partial charge in [0, 0.05) is 24.2 Å². The number of fused-ring (bicyclic) bond motifs is 1. The molecule has 1 aromatic heterocycles. The highest BCUT2D eigenvalue weighted by Crippen LogP contribution is 2.36. The summed E-state index contributed by atoms with van der Waals surface area (Å²) in [4.78, 5) is 13.9. The van der Waals surface area contributed by atoms with Crippen LogP contribution in [0.3, 0.4) is 0 Å². The molecule has 0 bridgehead atoms. The molecule has 32 heavy (non-hydrogen) atoms. The summed E-state index contributed by atoms with van der Waals surface area (Å²) in [6, 6.07) is 11.0. The van der Waals surface area contributed by atoms with Crippen LogP contribution in [0.5, 0.6) is 0 Å². The van der Waals surface area contributed by atoms with Gasteiger partial charge in [-0.15, -0.1) is 5.11 Å². The van der Waals surface area contributed by atoms with Crippen LogP contribution < -0.4 is 5.48 Å². The number of hydrogen-bond acceptors (Lipinski definition) is 6. The lowest BCUT2D eigenvalue weighted by Gasteiger charge is -2.30. The van der Waals surface area contributed by atoms with Crippen LogP contribution >= 0.6 is 0 Å². The van der Waals surface area contributed by atoms with Crippen LogP contribution in [0, 0.1) is 5.92 Å². The maximum atomic E-state index is 11.4. The molecule has 1 saturated heterocycles. The maximum Gasteiger partial charge on any atom is 0.247 e. The molecular weight excluding hydrogens is 404 g/mol. The number of amides is 1. The van der Waals surface area contributed by atoms with Crippen LogP contribution in [0.25, 0.3) is 10.9 Å². The van der Waals surface area contributed by atoms with E-state index in [0.29, 0.717) is 12.5 Å². The molecular formula is C24H34N6O2. The average Bonchev–Trinajstić information content (AvgIpc) is 3.53. The van der Waals surface area contributed by atoms with E-state index in [2.05, 4.69) is 64.0 Å². The van der Waals surface area contributed by atoms with Gasteiger partial charge in [-0.1, -0.05) is 37.3 Å². The van der Waals surface area contributed by atoms with Crippen molar-refractivity contribution in [1.29, 1.82) is 0 Å². The van der Waals surface area contributed by atoms with Crippen molar-refractivity contribution in [1.82, 2.24) is 20.0 Å². The SMILES string of the molecule is CC(C)C(c1cc2ccccc2n1CCCN1CCCC1)N1C/C(=C/CC(=O)NO)N=N1. The van der Waals surface area contributed by atoms with Crippen molar-refractivity contribution >= 4 is 16.8 Å². The van der Waals surface area contributed by atoms with Crippen molar-refractivity contribution in [2.45, 2.75) is 52.1 Å². The van der Waals surface area contributed by atoms with Crippen LogP contribution in [0.2, 0.25) is 0 Å². The molecule has 2 N–H and O–H groups in total. The first-order valence-corrected chi connectivity index (χ1v) is 11.7. The Morgan fingerprint density at radius 3 is 2.75 bits per heavy atom. The molecule has 8 nitrogen and oxygen atoms in total. The molecule has 1 fully saturated rings. The van der Waals surface area contributed by atoms with Gasteiger partial charge in [-0.2, -0.15) is 0 Å². The summed E-state index contributed by atoms with van der Waals surface area (Å²) >= 11 is 0. The van der Waals surface area contributed by atoms with E-state index in [0.717, 1.165) is 25.2 Å². The number of nitrogens with zero attached hydrogens (tertiary/aromatic N) is 5. The molecule has 2 aliphatic heterocycles. The molecule has 3 heterocycles. The number of rotatable bonds is 9. The largest absolute Gasteiger partial charge is 0.343 e. The Kier molecular flexibility index (Phi) is 7.22. The van der Waals surface area contributed by atoms with Gasteiger partial charge < -0.3 is 9.47 Å². The van der Waals surface area contributed by atoms with Gasteiger partial charge in [-0.05, 0) is 68.4 Å². The number of carbonyl (C=O) groups excluding carboxylic acids is 1. The van der Waals surface area contributed by atoms with Gasteiger partial charge in [-0.3, -0.25) is 15.0 Å². The number of hydroxylamine groups is 1. The van der Waals surface area contributed by atoms with Gasteiger partial charge >= 0.3 is 0 Å². The van der Waals surface area contributed by atoms with Crippen LogP contribution in [-0.4, -0.2) is 51.8 Å². The fourth-order valence-electron chi connectivity index (χ4n) is 4.88. The fourth-order valence-corrected chi connectivity index (χ4v) is 4.88. The van der Waals surface area contributed by atoms with Gasteiger partial charge in [0.2, 0.25) is 5.91 Å². The van der Waals surface area contributed by atoms with Gasteiger partial charge in [-0.25, -0.2) is 5.48 Å². The molecule has 0 spiro atoms. The first-order chi connectivity index (χ1) is 15.6. The van der Waals surface area contributed by atoms with E-state index in [-0.39, 0.29) is 12.5 Å². The number of aromatic nitrogens is 1. The minimum Gasteiger partial charge on any atom is -0.343 e. The number of aryl methyl sites for hydroxylation is 1. The van der Waals surface area contributed by atoms with E-state index in [4.69, 9.17) is 5.21 Å². The Hall–Kier alpha value is -2.71. The molecule has 4 rings (SSSR count). The van der Waals surface area contributed by atoms with E-state index in [1.54, 1.807) is 11.6 Å². The van der Waals surface area contributed by atoms with Crippen LogP contribution in [0.1, 0.15) is 51.3 Å². The van der Waals surface area contributed by atoms with E-state index in [9.17, 15) is 4.79 Å². The van der Waals surface area contributed by atoms with Gasteiger partial charge in [0.25, 0.3) is 0 Å². The normalized spacial score (nSPS) is 19.0. The summed E-state index contributed by atoms with van der Waals surface area (Å²) in [7, 11) is 0. The third-order valence-corrected chi connectivity index (χ3v) is 6.41. The Bertz CT molecular complexity index is 990. The first kappa shape index (κ1) is 22.5. The molecule has 2 aliphatic rings. The number of benzene rings is 1. The molecule has 1 unspecified atom stereocenters. The third-order valence-electron chi connectivity index (χ3n) is 6.41. The fraction of sp³-hybridized carbons (Fsp3) is 0.542. The Morgan fingerprint density at radius 1 is 1.22 bits per heavy atom. The standard InChI is InChI=1S/C24H34N6O2/c1-18(2)24(30-17-20(25-27-30)10-11-23(31)26-32)22-16-19-8-3-4-9-21(19)29(22)15-7-14-28-12-5-6-13-28/h3-4,8-10,16,18,24,32H,5-7,11-15,17H2,1-2H3,(H,26,31)/b20-10-. The summed E-state index contributed by atoms with van der Waals surface area (Å²) < 4.78 is 2.46. The highest BCUT2D eigenvalue weighted by Gasteiger charge is 2.30. The zero-order valence-electron chi connectivity index (χ0n) is 19.1. The molecule has 1 amide bonds. The monoisotopic (exact) mass is 438 g/mol. The topological polar surface area (TPSA) is 85.5 Å². The van der Waals surface area contributed by atoms with Crippen molar-refractivity contribution < 1.29 is 10.0 Å². The zero-order valence-corrected chi connectivity index (χ0v) is 19.1. The van der Waals surface area contributed by atoms with Crippen molar-refractivity contribution in [3.8, 4) is 0 Å². The number of nitrogens with one attached hydrogen (secondary N) is 1. The highest BCUT2D eigenvalue weighted by atomic mass is 16.5. The predicted octanol–water partition coefficient (Wildman–Crippen LogP) is 4.29. The molecule has 2 aromatic rings. The Balaban J connectivity index is 1.56. The van der Waals surface area contributed by atoms with Crippen molar-refractivity contribution in [2.24, 2.45) is 16.3 Å². The Labute approximate surface area is 189 Å². The molecule has 172 valence electrons. The number of hydrogen-bond donors (Lipinski definition) is 2. The summed E-state index contributed by atoms with van der Waals surface area (Å²) in [5.41, 5.74) is 4.92. The van der Waals surface area contributed by atoms with E-state index in [1.807, 2.05) is 5.01 Å². The number of likely N-dealkylation sites (tertiary alicyclic amines) is 1. The Morgan fingerprint density at radius 2 is 2.00 bits per heavy atom. The highest BCUT2D eigenvalue weighted by molar-refractivity contribution is 5.81. The summed E-state index contributed by atoms with van der Waals surface area (Å²) in [5, 5.41) is 20.7. The lowest BCUT2D eigenvalue weighted by atomic mass is 9.99. The van der Waals surface area contributed by atoms with Crippen LogP contribution in [0.15, 0.2) is 52.4 Å². The quantitative estimate of drug-likeness (QED) is 0.452. The van der Waals surface area contributed by atoms with Crippen molar-refractivity contribution in [2.75, 3.05) is 26.2 Å². The molecule has 0 saturated carbocycles. The summed E-state index contributed by atoms with van der Waals surface area (Å²) in [6.07, 6.45) is 5.57. The van der Waals surface area contributed by atoms with E-state index < -0.39 is 5.91 Å². The molecule has 1 atom stereocenters. The van der Waals surface area contributed by atoms with Crippen molar-refractivity contribution in [3.63, 3.8) is 0 Å². The van der Waals surface area contributed by atoms with E-state index in [1.165, 1.54) is 42.5 Å². The predicted molar refractivity (Wildman–Crippen MR) is 124 cm³/mol. The summed E-state index contributed by atoms with van der Waals surface area (Å²) in [6.45, 7) is 9.56. The lowest BCUT2D eigenvalue weighted by molar-refractivity contribution is -0.128. The zero-order chi connectivity index (χ0) is 22.5. The molecule has 1 aromatic carbocycles. The van der Waals surface area contributed by atoms with E-state index >= 15 is 0 Å². The number of carbonyl (C=O) groups is 1. The van der Waals surface area contributed by atoms with Crippen molar-refractivity contribution in [3.05, 3.63) is 47.8 Å². The summed E-state index contributed by atoms with van der Waals surface area (Å²) in [5.74, 6) is -0.125. The molecule has 0 radical (unpaired) electrons. The van der Waals surface area contributed by atoms with Crippen LogP contribution in [0.4, 0.5) is 0 Å². The first-order valence-electron chi connectivity index (χ1n) is 11.7. The van der Waals surface area contributed by atoms with Crippen LogP contribution in [-0.2, 0) is 11.3 Å². The van der Waals surface area contributed by atoms with Gasteiger partial charge in [0.05, 0.1) is 18.3 Å². The average molecular weight is 439 g/mol. The van der Waals surface area contributed by atoms with Gasteiger partial charge in [0.15, 0.2) is 0 Å². The third kappa shape index (κ3) is 5.02. The van der Waals surface area contributed by atoms with Gasteiger partial charge in [0.1, 0.15) is 0 Å². The second-order valence-corrected chi connectivity index (χ2v) is 9.09. The second kappa shape index (κ2) is 10.3. The smallest absolute Gasteiger partial charge is 0.247 e. The minimum absolute atomic E-state index is 0.0792. The molecule has 8 heteroatoms. The molecule has 0 aliphatic carbocycles. The number of para-hydroxylation sites is 1. The minimum atomic E-state index is -0.454.